The van der Waals surface area contributed by atoms with Gasteiger partial charge in [-0.25, -0.2) is 18.0 Å². The summed E-state index contributed by atoms with van der Waals surface area (Å²) >= 11 is 0. The molecule has 0 unspecified atom stereocenters. The molecule has 2 aromatic heterocycles. The van der Waals surface area contributed by atoms with Gasteiger partial charge in [0.1, 0.15) is 16.2 Å². The number of aromatic nitrogens is 3. The fourth-order valence-electron chi connectivity index (χ4n) is 3.98. The average Bonchev–Trinajstić information content (AvgIpc) is 3.22. The van der Waals surface area contributed by atoms with Gasteiger partial charge in [0.15, 0.2) is 5.52 Å². The molecule has 0 aliphatic carbocycles. The fraction of sp³-hybridized carbons (Fsp3) is 0.400. The molecule has 2 fully saturated rings. The first-order chi connectivity index (χ1) is 14.9. The summed E-state index contributed by atoms with van der Waals surface area (Å²) in [5.74, 6) is 0.591. The minimum absolute atomic E-state index is 0.00396. The molecule has 10 nitrogen and oxygen atoms in total. The smallest absolute Gasteiger partial charge is 0.245 e. The van der Waals surface area contributed by atoms with Crippen molar-refractivity contribution in [1.82, 2.24) is 24.5 Å². The van der Waals surface area contributed by atoms with Gasteiger partial charge in [0.25, 0.3) is 0 Å². The maximum Gasteiger partial charge on any atom is 0.245 e. The summed E-state index contributed by atoms with van der Waals surface area (Å²) in [6, 6.07) is 8.74. The lowest BCUT2D eigenvalue weighted by molar-refractivity contribution is -0.139. The van der Waals surface area contributed by atoms with Gasteiger partial charge in [-0.05, 0) is 41.0 Å². The van der Waals surface area contributed by atoms with Gasteiger partial charge >= 0.3 is 0 Å². The lowest BCUT2D eigenvalue weighted by atomic mass is 10.0. The number of amides is 1. The van der Waals surface area contributed by atoms with Crippen LogP contribution in [-0.4, -0.2) is 78.1 Å². The molecular weight excluding hydrogens is 420 g/mol. The molecule has 0 atom stereocenters. The molecule has 11 heteroatoms. The molecule has 0 bridgehead atoms. The zero-order valence-electron chi connectivity index (χ0n) is 17.0. The van der Waals surface area contributed by atoms with Crippen molar-refractivity contribution in [2.45, 2.75) is 11.8 Å². The number of pyridine rings is 1. The Bertz CT molecular complexity index is 1210. The molecule has 0 saturated carbocycles. The zero-order chi connectivity index (χ0) is 21.6. The molecule has 5 rings (SSSR count). The van der Waals surface area contributed by atoms with E-state index in [0.717, 1.165) is 11.4 Å². The first-order valence-corrected chi connectivity index (χ1v) is 11.6. The average molecular weight is 443 g/mol. The summed E-state index contributed by atoms with van der Waals surface area (Å²) in [5.41, 5.74) is 1.70. The maximum atomic E-state index is 13.0. The topological polar surface area (TPSA) is 113 Å². The van der Waals surface area contributed by atoms with Gasteiger partial charge in [-0.1, -0.05) is 12.1 Å². The highest BCUT2D eigenvalue weighted by molar-refractivity contribution is 7.89. The Labute approximate surface area is 179 Å². The Morgan fingerprint density at radius 2 is 1.84 bits per heavy atom. The number of carbonyl (C=O) groups is 1. The molecule has 2 aliphatic heterocycles. The first-order valence-electron chi connectivity index (χ1n) is 10.1. The van der Waals surface area contributed by atoms with Crippen molar-refractivity contribution in [3.63, 3.8) is 0 Å². The van der Waals surface area contributed by atoms with Crippen molar-refractivity contribution in [2.75, 3.05) is 44.2 Å². The second kappa shape index (κ2) is 7.57. The van der Waals surface area contributed by atoms with Crippen LogP contribution in [0.15, 0.2) is 46.1 Å². The number of fused-ring (bicyclic) bond motifs is 1. The van der Waals surface area contributed by atoms with Gasteiger partial charge in [0.2, 0.25) is 15.9 Å². The number of piperazine rings is 1. The summed E-state index contributed by atoms with van der Waals surface area (Å²) in [5, 5.41) is 7.41. The lowest BCUT2D eigenvalue weighted by Crippen LogP contribution is -2.59. The quantitative estimate of drug-likeness (QED) is 0.586. The van der Waals surface area contributed by atoms with Gasteiger partial charge in [-0.15, -0.1) is 0 Å². The SMILES string of the molecule is Cc1ccc(N2CCN(C(=O)C3CN(S(=O)(=O)c4cccc5nonc45)C3)CC2)nc1. The van der Waals surface area contributed by atoms with E-state index in [4.69, 9.17) is 0 Å². The summed E-state index contributed by atoms with van der Waals surface area (Å²) in [6.07, 6.45) is 1.84. The van der Waals surface area contributed by atoms with Gasteiger partial charge in [0, 0.05) is 45.5 Å². The fourth-order valence-corrected chi connectivity index (χ4v) is 5.65. The van der Waals surface area contributed by atoms with Gasteiger partial charge in [-0.3, -0.25) is 4.79 Å². The van der Waals surface area contributed by atoms with E-state index in [1.165, 1.54) is 10.4 Å². The van der Waals surface area contributed by atoms with Crippen LogP contribution in [0.2, 0.25) is 0 Å². The molecule has 0 spiro atoms. The summed E-state index contributed by atoms with van der Waals surface area (Å²) < 4.78 is 31.9. The molecule has 4 heterocycles. The Hall–Kier alpha value is -3.05. The monoisotopic (exact) mass is 442 g/mol. The number of anilines is 1. The molecule has 3 aromatic rings. The van der Waals surface area contributed by atoms with Crippen molar-refractivity contribution >= 4 is 32.8 Å². The molecule has 31 heavy (non-hydrogen) atoms. The predicted molar refractivity (Wildman–Crippen MR) is 112 cm³/mol. The van der Waals surface area contributed by atoms with Gasteiger partial charge in [0.05, 0.1) is 5.92 Å². The highest BCUT2D eigenvalue weighted by Crippen LogP contribution is 2.30. The summed E-state index contributed by atoms with van der Waals surface area (Å²) in [6.45, 7) is 4.95. The third-order valence-electron chi connectivity index (χ3n) is 5.88. The number of rotatable bonds is 4. The van der Waals surface area contributed by atoms with Crippen LogP contribution >= 0.6 is 0 Å². The van der Waals surface area contributed by atoms with E-state index in [9.17, 15) is 13.2 Å². The van der Waals surface area contributed by atoms with Crippen LogP contribution in [0, 0.1) is 12.8 Å². The number of hydrogen-bond acceptors (Lipinski definition) is 8. The van der Waals surface area contributed by atoms with Crippen LogP contribution in [0.3, 0.4) is 0 Å². The minimum atomic E-state index is -3.76. The van der Waals surface area contributed by atoms with Crippen LogP contribution in [-0.2, 0) is 14.8 Å². The molecule has 2 saturated heterocycles. The van der Waals surface area contributed by atoms with E-state index >= 15 is 0 Å². The second-order valence-corrected chi connectivity index (χ2v) is 9.82. The lowest BCUT2D eigenvalue weighted by Gasteiger charge is -2.42. The van der Waals surface area contributed by atoms with Crippen LogP contribution in [0.5, 0.6) is 0 Å². The van der Waals surface area contributed by atoms with Crippen LogP contribution in [0.1, 0.15) is 5.56 Å². The van der Waals surface area contributed by atoms with Crippen LogP contribution in [0.4, 0.5) is 5.82 Å². The van der Waals surface area contributed by atoms with Crippen molar-refractivity contribution < 1.29 is 17.8 Å². The van der Waals surface area contributed by atoms with Crippen molar-refractivity contribution in [3.05, 3.63) is 42.1 Å². The van der Waals surface area contributed by atoms with E-state index in [1.807, 2.05) is 30.2 Å². The molecular formula is C20H22N6O4S. The van der Waals surface area contributed by atoms with Crippen molar-refractivity contribution in [2.24, 2.45) is 5.92 Å². The Kier molecular flexibility index (Phi) is 4.86. The molecule has 2 aliphatic rings. The summed E-state index contributed by atoms with van der Waals surface area (Å²) in [7, 11) is -3.76. The number of benzene rings is 1. The number of hydrogen-bond donors (Lipinski definition) is 0. The molecule has 0 radical (unpaired) electrons. The zero-order valence-corrected chi connectivity index (χ0v) is 17.8. The third-order valence-corrected chi connectivity index (χ3v) is 7.74. The maximum absolute atomic E-state index is 13.0. The number of nitrogens with zero attached hydrogens (tertiary/aromatic N) is 6. The number of carbonyl (C=O) groups excluding carboxylic acids is 1. The predicted octanol–water partition coefficient (Wildman–Crippen LogP) is 0.896. The van der Waals surface area contributed by atoms with Crippen LogP contribution < -0.4 is 4.90 Å². The highest BCUT2D eigenvalue weighted by atomic mass is 32.2. The van der Waals surface area contributed by atoms with E-state index in [-0.39, 0.29) is 35.3 Å². The van der Waals surface area contributed by atoms with Gasteiger partial charge < -0.3 is 9.80 Å². The largest absolute Gasteiger partial charge is 0.353 e. The molecule has 0 N–H and O–H groups in total. The number of aryl methyl sites for hydroxylation is 1. The van der Waals surface area contributed by atoms with Gasteiger partial charge in [-0.2, -0.15) is 4.31 Å². The van der Waals surface area contributed by atoms with Crippen molar-refractivity contribution in [3.8, 4) is 0 Å². The standard InChI is InChI=1S/C20H22N6O4S/c1-14-5-6-18(21-11-14)24-7-9-25(10-8-24)20(27)15-12-26(13-15)31(28,29)17-4-2-3-16-19(17)23-30-22-16/h2-6,11,15H,7-10,12-13H2,1H3. The normalized spacial score (nSPS) is 18.4. The van der Waals surface area contributed by atoms with E-state index in [2.05, 4.69) is 24.8 Å². The van der Waals surface area contributed by atoms with E-state index in [1.54, 1.807) is 12.1 Å². The second-order valence-electron chi connectivity index (χ2n) is 7.91. The molecule has 162 valence electrons. The first kappa shape index (κ1) is 19.9. The van der Waals surface area contributed by atoms with E-state index < -0.39 is 10.0 Å². The minimum Gasteiger partial charge on any atom is -0.353 e. The third kappa shape index (κ3) is 3.53. The Morgan fingerprint density at radius 1 is 1.06 bits per heavy atom. The summed E-state index contributed by atoms with van der Waals surface area (Å²) in [4.78, 5) is 21.4. The molecule has 1 amide bonds. The van der Waals surface area contributed by atoms with Crippen molar-refractivity contribution in [1.29, 1.82) is 0 Å². The Balaban J connectivity index is 1.20. The van der Waals surface area contributed by atoms with E-state index in [0.29, 0.717) is 31.7 Å². The molecule has 1 aromatic carbocycles. The highest BCUT2D eigenvalue weighted by Gasteiger charge is 2.43. The van der Waals surface area contributed by atoms with Crippen LogP contribution in [0.25, 0.3) is 11.0 Å². The Morgan fingerprint density at radius 3 is 2.55 bits per heavy atom. The number of sulfonamides is 1.